The average molecular weight is 337 g/mol. The van der Waals surface area contributed by atoms with Crippen molar-refractivity contribution < 1.29 is 9.53 Å². The van der Waals surface area contributed by atoms with Gasteiger partial charge < -0.3 is 20.4 Å². The number of aryl methyl sites for hydroxylation is 1. The molecule has 2 amide bonds. The number of hydrogen-bond acceptors (Lipinski definition) is 3. The summed E-state index contributed by atoms with van der Waals surface area (Å²) in [5.41, 5.74) is 1.71. The molecule has 0 atom stereocenters. The Hall–Kier alpha value is -3.28. The van der Waals surface area contributed by atoms with E-state index in [1.165, 1.54) is 6.20 Å². The van der Waals surface area contributed by atoms with Crippen LogP contribution >= 0.6 is 0 Å². The second-order valence-electron chi connectivity index (χ2n) is 5.62. The van der Waals surface area contributed by atoms with Crippen molar-refractivity contribution >= 4 is 22.6 Å². The molecule has 0 aliphatic rings. The van der Waals surface area contributed by atoms with Gasteiger partial charge in [-0.3, -0.25) is 4.79 Å². The number of amides is 2. The van der Waals surface area contributed by atoms with E-state index in [9.17, 15) is 9.59 Å². The van der Waals surface area contributed by atoms with Gasteiger partial charge in [-0.05, 0) is 31.2 Å². The summed E-state index contributed by atoms with van der Waals surface area (Å²) >= 11 is 0. The second-order valence-corrected chi connectivity index (χ2v) is 5.62. The molecule has 1 aromatic heterocycles. The van der Waals surface area contributed by atoms with Crippen LogP contribution in [-0.4, -0.2) is 24.2 Å². The first-order valence-corrected chi connectivity index (χ1v) is 7.98. The number of carbonyl (C=O) groups excluding carboxylic acids is 1. The van der Waals surface area contributed by atoms with Crippen LogP contribution in [0.4, 0.5) is 10.5 Å². The molecule has 25 heavy (non-hydrogen) atoms. The molecule has 0 radical (unpaired) electrons. The van der Waals surface area contributed by atoms with Crippen LogP contribution in [-0.2, 0) is 0 Å². The van der Waals surface area contributed by atoms with Crippen molar-refractivity contribution in [3.63, 3.8) is 0 Å². The molecular weight excluding hydrogens is 318 g/mol. The van der Waals surface area contributed by atoms with E-state index in [0.29, 0.717) is 18.5 Å². The van der Waals surface area contributed by atoms with E-state index in [1.54, 1.807) is 6.07 Å². The molecule has 128 valence electrons. The minimum absolute atomic E-state index is 0.208. The van der Waals surface area contributed by atoms with Crippen LogP contribution in [0.2, 0.25) is 0 Å². The maximum atomic E-state index is 12.4. The lowest BCUT2D eigenvalue weighted by Gasteiger charge is -2.09. The van der Waals surface area contributed by atoms with Crippen molar-refractivity contribution in [1.29, 1.82) is 0 Å². The molecule has 6 nitrogen and oxygen atoms in total. The Labute approximate surface area is 144 Å². The minimum atomic E-state index is -0.450. The number of pyridine rings is 1. The number of benzene rings is 2. The van der Waals surface area contributed by atoms with Gasteiger partial charge in [0.2, 0.25) is 5.43 Å². The summed E-state index contributed by atoms with van der Waals surface area (Å²) in [6, 6.07) is 14.5. The minimum Gasteiger partial charge on any atom is -0.492 e. The van der Waals surface area contributed by atoms with Crippen LogP contribution < -0.4 is 20.8 Å². The third-order valence-corrected chi connectivity index (χ3v) is 3.68. The third-order valence-electron chi connectivity index (χ3n) is 3.68. The van der Waals surface area contributed by atoms with E-state index in [0.717, 1.165) is 16.8 Å². The Balaban J connectivity index is 1.57. The summed E-state index contributed by atoms with van der Waals surface area (Å²) in [4.78, 5) is 27.4. The van der Waals surface area contributed by atoms with Gasteiger partial charge in [0.25, 0.3) is 0 Å². The third kappa shape index (κ3) is 4.17. The van der Waals surface area contributed by atoms with E-state index >= 15 is 0 Å². The molecule has 0 saturated carbocycles. The van der Waals surface area contributed by atoms with Gasteiger partial charge in [-0.15, -0.1) is 0 Å². The van der Waals surface area contributed by atoms with Crippen molar-refractivity contribution in [2.24, 2.45) is 0 Å². The highest BCUT2D eigenvalue weighted by Gasteiger charge is 2.08. The van der Waals surface area contributed by atoms with Crippen molar-refractivity contribution in [3.8, 4) is 5.75 Å². The van der Waals surface area contributed by atoms with Gasteiger partial charge in [-0.25, -0.2) is 4.79 Å². The van der Waals surface area contributed by atoms with Gasteiger partial charge in [-0.1, -0.05) is 29.8 Å². The molecule has 0 bridgehead atoms. The van der Waals surface area contributed by atoms with Crippen LogP contribution in [0.3, 0.4) is 0 Å². The summed E-state index contributed by atoms with van der Waals surface area (Å²) in [6.07, 6.45) is 1.50. The molecule has 1 heterocycles. The Morgan fingerprint density at radius 1 is 1.16 bits per heavy atom. The van der Waals surface area contributed by atoms with Crippen molar-refractivity contribution in [2.45, 2.75) is 6.92 Å². The first-order valence-electron chi connectivity index (χ1n) is 7.98. The first-order chi connectivity index (χ1) is 12.1. The topological polar surface area (TPSA) is 83.2 Å². The zero-order valence-electron chi connectivity index (χ0n) is 13.8. The Morgan fingerprint density at radius 3 is 2.76 bits per heavy atom. The largest absolute Gasteiger partial charge is 0.492 e. The van der Waals surface area contributed by atoms with Crippen LogP contribution in [0.15, 0.2) is 59.5 Å². The fourth-order valence-electron chi connectivity index (χ4n) is 2.44. The highest BCUT2D eigenvalue weighted by molar-refractivity contribution is 5.91. The van der Waals surface area contributed by atoms with E-state index in [-0.39, 0.29) is 11.1 Å². The molecule has 0 aliphatic heterocycles. The molecule has 0 saturated heterocycles. The molecule has 0 fully saturated rings. The highest BCUT2D eigenvalue weighted by Crippen LogP contribution is 2.12. The van der Waals surface area contributed by atoms with Crippen LogP contribution in [0.5, 0.6) is 5.75 Å². The van der Waals surface area contributed by atoms with Gasteiger partial charge >= 0.3 is 6.03 Å². The van der Waals surface area contributed by atoms with Gasteiger partial charge in [0, 0.05) is 17.1 Å². The Bertz CT molecular complexity index is 936. The molecule has 2 aromatic carbocycles. The van der Waals surface area contributed by atoms with Crippen molar-refractivity contribution in [1.82, 2.24) is 10.3 Å². The molecule has 0 spiro atoms. The van der Waals surface area contributed by atoms with Gasteiger partial charge in [-0.2, -0.15) is 0 Å². The molecule has 3 N–H and O–H groups in total. The predicted molar refractivity (Wildman–Crippen MR) is 98.3 cm³/mol. The molecule has 0 unspecified atom stereocenters. The Kier molecular flexibility index (Phi) is 4.99. The average Bonchev–Trinajstić information content (AvgIpc) is 2.62. The number of nitrogens with one attached hydrogen (secondary N) is 3. The van der Waals surface area contributed by atoms with E-state index < -0.39 is 6.03 Å². The summed E-state index contributed by atoms with van der Waals surface area (Å²) in [5.74, 6) is 0.742. The number of fused-ring (bicyclic) bond motifs is 1. The smallest absolute Gasteiger partial charge is 0.319 e. The number of carbonyl (C=O) groups is 1. The standard InChI is InChI=1S/C19H19N3O3/c1-13-7-8-16-15(11-13)18(23)17(12-21-16)22-19(24)20-9-10-25-14-5-3-2-4-6-14/h2-8,11-12H,9-10H2,1H3,(H,21,23)(H2,20,22,24). The highest BCUT2D eigenvalue weighted by atomic mass is 16.5. The number of para-hydroxylation sites is 1. The van der Waals surface area contributed by atoms with E-state index in [2.05, 4.69) is 15.6 Å². The molecule has 3 aromatic rings. The SMILES string of the molecule is Cc1ccc2[nH]cc(NC(=O)NCCOc3ccccc3)c(=O)c2c1. The fourth-order valence-corrected chi connectivity index (χ4v) is 2.44. The number of hydrogen-bond donors (Lipinski definition) is 3. The summed E-state index contributed by atoms with van der Waals surface area (Å²) in [7, 11) is 0. The maximum Gasteiger partial charge on any atom is 0.319 e. The van der Waals surface area contributed by atoms with Gasteiger partial charge in [0.15, 0.2) is 0 Å². The first kappa shape index (κ1) is 16.6. The molecular formula is C19H19N3O3. The second kappa shape index (κ2) is 7.53. The summed E-state index contributed by atoms with van der Waals surface area (Å²) in [6.45, 7) is 2.58. The van der Waals surface area contributed by atoms with Crippen molar-refractivity contribution in [2.75, 3.05) is 18.5 Å². The molecule has 6 heteroatoms. The lowest BCUT2D eigenvalue weighted by molar-refractivity contribution is 0.247. The summed E-state index contributed by atoms with van der Waals surface area (Å²) < 4.78 is 5.49. The maximum absolute atomic E-state index is 12.4. The number of rotatable bonds is 5. The van der Waals surface area contributed by atoms with Gasteiger partial charge in [0.1, 0.15) is 18.0 Å². The number of aromatic nitrogens is 1. The number of aromatic amines is 1. The summed E-state index contributed by atoms with van der Waals surface area (Å²) in [5, 5.41) is 5.78. The fraction of sp³-hybridized carbons (Fsp3) is 0.158. The number of H-pyrrole nitrogens is 1. The number of anilines is 1. The number of urea groups is 1. The Morgan fingerprint density at radius 2 is 1.96 bits per heavy atom. The predicted octanol–water partition coefficient (Wildman–Crippen LogP) is 3.04. The number of ether oxygens (including phenoxy) is 1. The van der Waals surface area contributed by atoms with Crippen LogP contribution in [0.1, 0.15) is 5.56 Å². The van der Waals surface area contributed by atoms with Crippen molar-refractivity contribution in [3.05, 3.63) is 70.5 Å². The zero-order valence-corrected chi connectivity index (χ0v) is 13.8. The monoisotopic (exact) mass is 337 g/mol. The molecule has 3 rings (SSSR count). The van der Waals surface area contributed by atoms with E-state index in [4.69, 9.17) is 4.74 Å². The van der Waals surface area contributed by atoms with E-state index in [1.807, 2.05) is 49.4 Å². The molecule has 0 aliphatic carbocycles. The van der Waals surface area contributed by atoms with Crippen LogP contribution in [0, 0.1) is 6.92 Å². The van der Waals surface area contributed by atoms with Gasteiger partial charge in [0.05, 0.1) is 6.54 Å². The van der Waals surface area contributed by atoms with Crippen LogP contribution in [0.25, 0.3) is 10.9 Å². The zero-order chi connectivity index (χ0) is 17.6. The lowest BCUT2D eigenvalue weighted by Crippen LogP contribution is -2.33. The lowest BCUT2D eigenvalue weighted by atomic mass is 10.1. The normalized spacial score (nSPS) is 10.4. The quantitative estimate of drug-likeness (QED) is 0.626.